The lowest BCUT2D eigenvalue weighted by Gasteiger charge is -2.19. The summed E-state index contributed by atoms with van der Waals surface area (Å²) in [7, 11) is 0. The zero-order valence-electron chi connectivity index (χ0n) is 15.2. The van der Waals surface area contributed by atoms with Gasteiger partial charge in [0.2, 0.25) is 11.0 Å². The van der Waals surface area contributed by atoms with E-state index >= 15 is 0 Å². The SMILES string of the molecule is CCc1ccccc1N1C[C@@H](c2nnc(NC(=O)[C@H]3CCCO3)s2)CC1=O. The number of carbonyl (C=O) groups is 2. The van der Waals surface area contributed by atoms with Crippen molar-refractivity contribution < 1.29 is 14.3 Å². The number of rotatable bonds is 5. The second-order valence-corrected chi connectivity index (χ2v) is 7.83. The Balaban J connectivity index is 1.45. The maximum atomic E-state index is 12.6. The van der Waals surface area contributed by atoms with Crippen molar-refractivity contribution in [2.24, 2.45) is 0 Å². The molecule has 2 aromatic rings. The molecule has 4 rings (SSSR count). The highest BCUT2D eigenvalue weighted by Gasteiger charge is 2.35. The third-order valence-corrected chi connectivity index (χ3v) is 6.03. The van der Waals surface area contributed by atoms with Gasteiger partial charge in [0.25, 0.3) is 5.91 Å². The molecule has 2 aliphatic rings. The molecule has 3 heterocycles. The van der Waals surface area contributed by atoms with E-state index in [1.54, 1.807) is 0 Å². The molecule has 2 saturated heterocycles. The molecule has 1 N–H and O–H groups in total. The predicted octanol–water partition coefficient (Wildman–Crippen LogP) is 2.74. The fourth-order valence-electron chi connectivity index (χ4n) is 3.60. The number of nitrogens with zero attached hydrogens (tertiary/aromatic N) is 3. The Morgan fingerprint density at radius 2 is 2.22 bits per heavy atom. The molecule has 0 bridgehead atoms. The summed E-state index contributed by atoms with van der Waals surface area (Å²) in [5.41, 5.74) is 2.14. The van der Waals surface area contributed by atoms with Crippen LogP contribution in [0.25, 0.3) is 0 Å². The largest absolute Gasteiger partial charge is 0.368 e. The van der Waals surface area contributed by atoms with Crippen molar-refractivity contribution in [3.05, 3.63) is 34.8 Å². The fraction of sp³-hybridized carbons (Fsp3) is 0.474. The standard InChI is InChI=1S/C19H22N4O3S/c1-2-12-6-3-4-7-14(12)23-11-13(10-16(23)24)18-21-22-19(27-18)20-17(25)15-8-5-9-26-15/h3-4,6-7,13,15H,2,5,8-11H2,1H3,(H,20,22,25)/t13-,15+/m0/s1. The molecule has 2 aliphatic heterocycles. The highest BCUT2D eigenvalue weighted by Crippen LogP contribution is 2.35. The van der Waals surface area contributed by atoms with Crippen molar-refractivity contribution in [1.82, 2.24) is 10.2 Å². The van der Waals surface area contributed by atoms with Gasteiger partial charge in [0, 0.05) is 31.2 Å². The first-order chi connectivity index (χ1) is 13.2. The summed E-state index contributed by atoms with van der Waals surface area (Å²) >= 11 is 1.34. The first-order valence-corrected chi connectivity index (χ1v) is 10.1. The molecule has 0 aliphatic carbocycles. The van der Waals surface area contributed by atoms with Crippen LogP contribution in [0.5, 0.6) is 0 Å². The number of aryl methyl sites for hydroxylation is 1. The molecular weight excluding hydrogens is 364 g/mol. The van der Waals surface area contributed by atoms with Crippen LogP contribution in [0.3, 0.4) is 0 Å². The molecule has 142 valence electrons. The minimum Gasteiger partial charge on any atom is -0.368 e. The summed E-state index contributed by atoms with van der Waals surface area (Å²) in [5.74, 6) is -0.0782. The van der Waals surface area contributed by atoms with E-state index in [9.17, 15) is 9.59 Å². The van der Waals surface area contributed by atoms with Gasteiger partial charge in [-0.1, -0.05) is 36.5 Å². The average Bonchev–Trinajstić information content (AvgIpc) is 3.42. The van der Waals surface area contributed by atoms with E-state index in [2.05, 4.69) is 28.5 Å². The monoisotopic (exact) mass is 386 g/mol. The molecular formula is C19H22N4O3S. The Labute approximate surface area is 161 Å². The molecule has 2 atom stereocenters. The lowest BCUT2D eigenvalue weighted by Crippen LogP contribution is -2.26. The van der Waals surface area contributed by atoms with Crippen molar-refractivity contribution in [1.29, 1.82) is 0 Å². The number of carbonyl (C=O) groups excluding carboxylic acids is 2. The maximum Gasteiger partial charge on any atom is 0.255 e. The lowest BCUT2D eigenvalue weighted by molar-refractivity contribution is -0.124. The highest BCUT2D eigenvalue weighted by atomic mass is 32.1. The average molecular weight is 386 g/mol. The first kappa shape index (κ1) is 18.1. The van der Waals surface area contributed by atoms with Crippen LogP contribution in [0.2, 0.25) is 0 Å². The number of amides is 2. The van der Waals surface area contributed by atoms with Crippen molar-refractivity contribution in [2.45, 2.75) is 44.6 Å². The van der Waals surface area contributed by atoms with Crippen LogP contribution >= 0.6 is 11.3 Å². The quantitative estimate of drug-likeness (QED) is 0.854. The van der Waals surface area contributed by atoms with E-state index in [4.69, 9.17) is 4.74 Å². The molecule has 8 heteroatoms. The third-order valence-electron chi connectivity index (χ3n) is 5.03. The van der Waals surface area contributed by atoms with Gasteiger partial charge in [-0.3, -0.25) is 14.9 Å². The molecule has 0 unspecified atom stereocenters. The molecule has 27 heavy (non-hydrogen) atoms. The van der Waals surface area contributed by atoms with Gasteiger partial charge >= 0.3 is 0 Å². The smallest absolute Gasteiger partial charge is 0.255 e. The predicted molar refractivity (Wildman–Crippen MR) is 103 cm³/mol. The molecule has 7 nitrogen and oxygen atoms in total. The first-order valence-electron chi connectivity index (χ1n) is 9.30. The maximum absolute atomic E-state index is 12.6. The number of nitrogens with one attached hydrogen (secondary N) is 1. The fourth-order valence-corrected chi connectivity index (χ4v) is 4.44. The van der Waals surface area contributed by atoms with Crippen LogP contribution < -0.4 is 10.2 Å². The Hall–Kier alpha value is -2.32. The van der Waals surface area contributed by atoms with E-state index in [-0.39, 0.29) is 17.7 Å². The molecule has 2 fully saturated rings. The second kappa shape index (κ2) is 7.74. The summed E-state index contributed by atoms with van der Waals surface area (Å²) in [6.45, 7) is 3.30. The lowest BCUT2D eigenvalue weighted by atomic mass is 10.1. The normalized spacial score (nSPS) is 22.4. The minimum atomic E-state index is -0.397. The second-order valence-electron chi connectivity index (χ2n) is 6.82. The van der Waals surface area contributed by atoms with Crippen molar-refractivity contribution in [2.75, 3.05) is 23.4 Å². The van der Waals surface area contributed by atoms with Crippen molar-refractivity contribution in [3.8, 4) is 0 Å². The van der Waals surface area contributed by atoms with E-state index in [1.165, 1.54) is 11.3 Å². The summed E-state index contributed by atoms with van der Waals surface area (Å²) < 4.78 is 5.39. The number of anilines is 2. The van der Waals surface area contributed by atoms with Gasteiger partial charge in [0.1, 0.15) is 11.1 Å². The van der Waals surface area contributed by atoms with Crippen LogP contribution in [0.1, 0.15) is 42.7 Å². The van der Waals surface area contributed by atoms with E-state index in [1.807, 2.05) is 23.1 Å². The summed E-state index contributed by atoms with van der Waals surface area (Å²) in [4.78, 5) is 26.6. The number of ether oxygens (including phenoxy) is 1. The Morgan fingerprint density at radius 1 is 1.37 bits per heavy atom. The van der Waals surface area contributed by atoms with E-state index in [0.29, 0.717) is 24.7 Å². The van der Waals surface area contributed by atoms with Crippen LogP contribution in [0.4, 0.5) is 10.8 Å². The highest BCUT2D eigenvalue weighted by molar-refractivity contribution is 7.15. The zero-order valence-corrected chi connectivity index (χ0v) is 16.0. The van der Waals surface area contributed by atoms with Crippen LogP contribution in [0.15, 0.2) is 24.3 Å². The molecule has 1 aromatic heterocycles. The third kappa shape index (κ3) is 3.72. The summed E-state index contributed by atoms with van der Waals surface area (Å²) in [5, 5.41) is 12.3. The number of hydrogen-bond acceptors (Lipinski definition) is 6. The number of benzene rings is 1. The molecule has 0 spiro atoms. The Kier molecular flexibility index (Phi) is 5.18. The number of aromatic nitrogens is 2. The van der Waals surface area contributed by atoms with Crippen molar-refractivity contribution in [3.63, 3.8) is 0 Å². The van der Waals surface area contributed by atoms with Gasteiger partial charge < -0.3 is 9.64 Å². The Morgan fingerprint density at radius 3 is 3.00 bits per heavy atom. The van der Waals surface area contributed by atoms with Gasteiger partial charge in [-0.25, -0.2) is 0 Å². The molecule has 2 amide bonds. The van der Waals surface area contributed by atoms with Crippen LogP contribution in [0, 0.1) is 0 Å². The van der Waals surface area contributed by atoms with Gasteiger partial charge in [0.05, 0.1) is 0 Å². The van der Waals surface area contributed by atoms with Gasteiger partial charge in [-0.05, 0) is 30.9 Å². The minimum absolute atomic E-state index is 0.00621. The van der Waals surface area contributed by atoms with E-state index < -0.39 is 6.10 Å². The van der Waals surface area contributed by atoms with E-state index in [0.717, 1.165) is 35.5 Å². The van der Waals surface area contributed by atoms with Gasteiger partial charge in [0.15, 0.2) is 0 Å². The van der Waals surface area contributed by atoms with Gasteiger partial charge in [-0.2, -0.15) is 0 Å². The van der Waals surface area contributed by atoms with Crippen molar-refractivity contribution >= 4 is 34.0 Å². The number of para-hydroxylation sites is 1. The van der Waals surface area contributed by atoms with Gasteiger partial charge in [-0.15, -0.1) is 10.2 Å². The number of hydrogen-bond donors (Lipinski definition) is 1. The summed E-state index contributed by atoms with van der Waals surface area (Å²) in [6, 6.07) is 8.00. The van der Waals surface area contributed by atoms with Crippen LogP contribution in [-0.2, 0) is 20.7 Å². The zero-order chi connectivity index (χ0) is 18.8. The topological polar surface area (TPSA) is 84.4 Å². The molecule has 0 radical (unpaired) electrons. The molecule has 1 aromatic carbocycles. The summed E-state index contributed by atoms with van der Waals surface area (Å²) in [6.07, 6.45) is 2.53. The Bertz CT molecular complexity index is 847. The molecule has 0 saturated carbocycles. The van der Waals surface area contributed by atoms with Crippen LogP contribution in [-0.4, -0.2) is 41.3 Å².